The molecule has 1 aromatic heterocycles. The van der Waals surface area contributed by atoms with Crippen LogP contribution in [-0.4, -0.2) is 29.7 Å². The molecule has 1 aliphatic rings. The van der Waals surface area contributed by atoms with Gasteiger partial charge in [-0.1, -0.05) is 44.4 Å². The van der Waals surface area contributed by atoms with E-state index in [4.69, 9.17) is 0 Å². The zero-order valence-corrected chi connectivity index (χ0v) is 21.0. The van der Waals surface area contributed by atoms with Crippen molar-refractivity contribution >= 4 is 17.3 Å². The van der Waals surface area contributed by atoms with Crippen molar-refractivity contribution in [2.45, 2.75) is 64.3 Å². The van der Waals surface area contributed by atoms with Crippen LogP contribution in [0.4, 0.5) is 11.4 Å². The number of aromatic carboxylic acids is 1. The molecule has 0 spiro atoms. The second kappa shape index (κ2) is 12.0. The van der Waals surface area contributed by atoms with Crippen molar-refractivity contribution in [1.82, 2.24) is 10.3 Å². The minimum absolute atomic E-state index is 0.215. The molecule has 0 amide bonds. The first-order valence-corrected chi connectivity index (χ1v) is 12.9. The standard InChI is InChI=1S/C30H37N3O2/c1-3-4-5-6-7-22-8-11-25(12-9-22)33(2)26-13-14-27-23(20-26)16-19-32-29(27)15-10-24-21-31-18-17-28(24)30(34)35/h8-9,11-14,17-18,20-21,29,32H,3-7,10,15-16,19H2,1-2H3,(H,34,35)/t29-/m1/s1. The molecule has 3 aromatic rings. The van der Waals surface area contributed by atoms with Crippen molar-refractivity contribution in [3.8, 4) is 0 Å². The summed E-state index contributed by atoms with van der Waals surface area (Å²) < 4.78 is 0. The zero-order chi connectivity index (χ0) is 24.6. The molecule has 0 bridgehead atoms. The molecular weight excluding hydrogens is 434 g/mol. The molecule has 0 saturated heterocycles. The van der Waals surface area contributed by atoms with Crippen LogP contribution in [0.3, 0.4) is 0 Å². The molecule has 1 atom stereocenters. The highest BCUT2D eigenvalue weighted by molar-refractivity contribution is 5.89. The Balaban J connectivity index is 1.42. The molecule has 184 valence electrons. The number of rotatable bonds is 11. The average molecular weight is 472 g/mol. The Hall–Kier alpha value is -3.18. The molecular formula is C30H37N3O2. The highest BCUT2D eigenvalue weighted by Crippen LogP contribution is 2.32. The molecule has 2 heterocycles. The van der Waals surface area contributed by atoms with Gasteiger partial charge < -0.3 is 15.3 Å². The second-order valence-corrected chi connectivity index (χ2v) is 9.55. The van der Waals surface area contributed by atoms with Gasteiger partial charge in [-0.05, 0) is 91.2 Å². The molecule has 2 N–H and O–H groups in total. The number of anilines is 2. The summed E-state index contributed by atoms with van der Waals surface area (Å²) in [5.41, 5.74) is 7.63. The average Bonchev–Trinajstić information content (AvgIpc) is 2.89. The number of unbranched alkanes of at least 4 members (excludes halogenated alkanes) is 3. The summed E-state index contributed by atoms with van der Waals surface area (Å²) in [6, 6.07) is 17.5. The molecule has 4 rings (SSSR count). The van der Waals surface area contributed by atoms with Crippen LogP contribution in [0.25, 0.3) is 0 Å². The van der Waals surface area contributed by atoms with Crippen molar-refractivity contribution in [1.29, 1.82) is 0 Å². The highest BCUT2D eigenvalue weighted by Gasteiger charge is 2.21. The maximum Gasteiger partial charge on any atom is 0.336 e. The summed E-state index contributed by atoms with van der Waals surface area (Å²) in [7, 11) is 2.13. The number of pyridine rings is 1. The van der Waals surface area contributed by atoms with Crippen LogP contribution in [0.15, 0.2) is 60.9 Å². The van der Waals surface area contributed by atoms with E-state index in [0.717, 1.165) is 31.4 Å². The predicted molar refractivity (Wildman–Crippen MR) is 143 cm³/mol. The summed E-state index contributed by atoms with van der Waals surface area (Å²) in [4.78, 5) is 17.9. The van der Waals surface area contributed by atoms with Crippen molar-refractivity contribution in [2.24, 2.45) is 0 Å². The Bertz CT molecular complexity index is 1130. The van der Waals surface area contributed by atoms with E-state index in [9.17, 15) is 9.90 Å². The lowest BCUT2D eigenvalue weighted by molar-refractivity contribution is 0.0695. The third-order valence-electron chi connectivity index (χ3n) is 7.15. The van der Waals surface area contributed by atoms with Gasteiger partial charge >= 0.3 is 5.97 Å². The number of hydrogen-bond acceptors (Lipinski definition) is 4. The molecule has 5 nitrogen and oxygen atoms in total. The second-order valence-electron chi connectivity index (χ2n) is 9.55. The van der Waals surface area contributed by atoms with Gasteiger partial charge in [0.05, 0.1) is 5.56 Å². The van der Waals surface area contributed by atoms with Gasteiger partial charge in [-0.15, -0.1) is 0 Å². The van der Waals surface area contributed by atoms with Crippen LogP contribution >= 0.6 is 0 Å². The number of nitrogens with zero attached hydrogens (tertiary/aromatic N) is 2. The molecule has 5 heteroatoms. The minimum atomic E-state index is -0.892. The summed E-state index contributed by atoms with van der Waals surface area (Å²) in [5, 5.41) is 13.1. The first-order valence-electron chi connectivity index (χ1n) is 12.9. The van der Waals surface area contributed by atoms with E-state index in [1.807, 2.05) is 0 Å². The maximum absolute atomic E-state index is 11.5. The fraction of sp³-hybridized carbons (Fsp3) is 0.400. The van der Waals surface area contributed by atoms with Gasteiger partial charge in [0.15, 0.2) is 0 Å². The van der Waals surface area contributed by atoms with E-state index in [1.165, 1.54) is 53.7 Å². The van der Waals surface area contributed by atoms with E-state index < -0.39 is 5.97 Å². The summed E-state index contributed by atoms with van der Waals surface area (Å²) >= 11 is 0. The lowest BCUT2D eigenvalue weighted by atomic mass is 9.89. The van der Waals surface area contributed by atoms with E-state index in [1.54, 1.807) is 18.5 Å². The van der Waals surface area contributed by atoms with Gasteiger partial charge in [-0.25, -0.2) is 4.79 Å². The third kappa shape index (κ3) is 6.29. The SMILES string of the molecule is CCCCCCc1ccc(N(C)c2ccc3c(c2)CCN[C@@H]3CCc2cnccc2C(=O)O)cc1. The molecule has 2 aromatic carbocycles. The fourth-order valence-electron chi connectivity index (χ4n) is 5.03. The van der Waals surface area contributed by atoms with E-state index >= 15 is 0 Å². The van der Waals surface area contributed by atoms with Crippen LogP contribution in [0.1, 0.15) is 77.7 Å². The number of benzene rings is 2. The molecule has 0 fully saturated rings. The first kappa shape index (κ1) is 24.9. The van der Waals surface area contributed by atoms with Crippen LogP contribution < -0.4 is 10.2 Å². The highest BCUT2D eigenvalue weighted by atomic mass is 16.4. The Morgan fingerprint density at radius 1 is 1.06 bits per heavy atom. The van der Waals surface area contributed by atoms with Gasteiger partial charge in [-0.2, -0.15) is 0 Å². The van der Waals surface area contributed by atoms with E-state index in [-0.39, 0.29) is 6.04 Å². The van der Waals surface area contributed by atoms with E-state index in [0.29, 0.717) is 12.0 Å². The van der Waals surface area contributed by atoms with Gasteiger partial charge in [-0.3, -0.25) is 4.98 Å². The van der Waals surface area contributed by atoms with E-state index in [2.05, 4.69) is 71.6 Å². The summed E-state index contributed by atoms with van der Waals surface area (Å²) in [6.07, 6.45) is 12.1. The summed E-state index contributed by atoms with van der Waals surface area (Å²) in [5.74, 6) is -0.892. The smallest absolute Gasteiger partial charge is 0.336 e. The number of carboxylic acid groups (broad SMARTS) is 1. The van der Waals surface area contributed by atoms with Gasteiger partial charge in [0.2, 0.25) is 0 Å². The van der Waals surface area contributed by atoms with Gasteiger partial charge in [0.1, 0.15) is 0 Å². The quantitative estimate of drug-likeness (QED) is 0.313. The number of nitrogens with one attached hydrogen (secondary N) is 1. The zero-order valence-electron chi connectivity index (χ0n) is 21.0. The van der Waals surface area contributed by atoms with Crippen LogP contribution in [0.5, 0.6) is 0 Å². The molecule has 0 radical (unpaired) electrons. The number of carboxylic acids is 1. The van der Waals surface area contributed by atoms with Gasteiger partial charge in [0, 0.05) is 36.9 Å². The van der Waals surface area contributed by atoms with Crippen LogP contribution in [-0.2, 0) is 19.3 Å². The fourth-order valence-corrected chi connectivity index (χ4v) is 5.03. The number of carbonyl (C=O) groups is 1. The van der Waals surface area contributed by atoms with Crippen molar-refractivity contribution in [2.75, 3.05) is 18.5 Å². The largest absolute Gasteiger partial charge is 0.478 e. The molecule has 1 aliphatic heterocycles. The third-order valence-corrected chi connectivity index (χ3v) is 7.15. The number of fused-ring (bicyclic) bond motifs is 1. The number of hydrogen-bond donors (Lipinski definition) is 2. The maximum atomic E-state index is 11.5. The van der Waals surface area contributed by atoms with Crippen molar-refractivity contribution < 1.29 is 9.90 Å². The number of aromatic nitrogens is 1. The Morgan fingerprint density at radius 3 is 2.63 bits per heavy atom. The van der Waals surface area contributed by atoms with Gasteiger partial charge in [0.25, 0.3) is 0 Å². The van der Waals surface area contributed by atoms with Crippen LogP contribution in [0, 0.1) is 0 Å². The number of aryl methyl sites for hydroxylation is 2. The predicted octanol–water partition coefficient (Wildman–Crippen LogP) is 6.49. The molecule has 35 heavy (non-hydrogen) atoms. The molecule has 0 saturated carbocycles. The van der Waals surface area contributed by atoms with Crippen LogP contribution in [0.2, 0.25) is 0 Å². The molecule has 0 unspecified atom stereocenters. The normalized spacial score (nSPS) is 15.0. The lowest BCUT2D eigenvalue weighted by Gasteiger charge is -2.29. The monoisotopic (exact) mass is 471 g/mol. The Kier molecular flexibility index (Phi) is 8.54. The minimum Gasteiger partial charge on any atom is -0.478 e. The first-order chi connectivity index (χ1) is 17.1. The lowest BCUT2D eigenvalue weighted by Crippen LogP contribution is -2.30. The summed E-state index contributed by atoms with van der Waals surface area (Å²) in [6.45, 7) is 3.18. The Morgan fingerprint density at radius 2 is 1.86 bits per heavy atom. The van der Waals surface area contributed by atoms with Crippen molar-refractivity contribution in [3.63, 3.8) is 0 Å². The van der Waals surface area contributed by atoms with Crippen molar-refractivity contribution in [3.05, 3.63) is 88.7 Å². The molecule has 0 aliphatic carbocycles. The topological polar surface area (TPSA) is 65.5 Å². The Labute approximate surface area is 209 Å².